The van der Waals surface area contributed by atoms with Crippen LogP contribution in [-0.4, -0.2) is 29.8 Å². The van der Waals surface area contributed by atoms with Crippen LogP contribution in [0.25, 0.3) is 0 Å². The number of aromatic nitrogens is 2. The van der Waals surface area contributed by atoms with Crippen LogP contribution in [0.15, 0.2) is 6.20 Å². The molecule has 0 radical (unpaired) electrons. The molecule has 0 saturated heterocycles. The highest BCUT2D eigenvalue weighted by Gasteiger charge is 2.22. The molecule has 0 bridgehead atoms. The van der Waals surface area contributed by atoms with Gasteiger partial charge < -0.3 is 9.55 Å². The van der Waals surface area contributed by atoms with Gasteiger partial charge in [-0.15, -0.1) is 0 Å². The topological polar surface area (TPSA) is 66.9 Å². The smallest absolute Gasteiger partial charge is 0.209 e. The second kappa shape index (κ2) is 4.31. The van der Waals surface area contributed by atoms with Gasteiger partial charge in [0.05, 0.1) is 6.26 Å². The number of nitrogens with zero attached hydrogens (tertiary/aromatic N) is 1. The zero-order valence-corrected chi connectivity index (χ0v) is 11.5. The predicted molar refractivity (Wildman–Crippen MR) is 66.4 cm³/mol. The van der Waals surface area contributed by atoms with Gasteiger partial charge in [-0.25, -0.2) is 13.1 Å². The van der Waals surface area contributed by atoms with Crippen molar-refractivity contribution in [3.05, 3.63) is 16.7 Å². The van der Waals surface area contributed by atoms with Crippen molar-refractivity contribution >= 4 is 22.2 Å². The first-order valence-corrected chi connectivity index (χ1v) is 7.14. The molecule has 92 valence electrons. The van der Waals surface area contributed by atoms with Gasteiger partial charge >= 0.3 is 0 Å². The van der Waals surface area contributed by atoms with Crippen molar-refractivity contribution < 1.29 is 8.42 Å². The summed E-state index contributed by atoms with van der Waals surface area (Å²) in [4.78, 5) is 2.99. The molecule has 0 spiro atoms. The third kappa shape index (κ3) is 4.07. The Kier molecular flexibility index (Phi) is 3.61. The monoisotopic (exact) mass is 263 g/mol. The Morgan fingerprint density at radius 2 is 2.12 bits per heavy atom. The van der Waals surface area contributed by atoms with E-state index in [0.717, 1.165) is 11.9 Å². The lowest BCUT2D eigenvalue weighted by Crippen LogP contribution is -2.45. The van der Waals surface area contributed by atoms with Gasteiger partial charge in [0.15, 0.2) is 4.77 Å². The molecule has 0 unspecified atom stereocenters. The number of H-pyrrole nitrogens is 1. The minimum absolute atomic E-state index is 0.489. The lowest BCUT2D eigenvalue weighted by molar-refractivity contribution is 0.389. The minimum Gasteiger partial charge on any atom is -0.335 e. The summed E-state index contributed by atoms with van der Waals surface area (Å²) in [6.45, 7) is 6.03. The highest BCUT2D eigenvalue weighted by Crippen LogP contribution is 2.09. The Morgan fingerprint density at radius 1 is 1.56 bits per heavy atom. The number of imidazole rings is 1. The van der Waals surface area contributed by atoms with Crippen LogP contribution in [0.1, 0.15) is 19.5 Å². The predicted octanol–water partition coefficient (Wildman–Crippen LogP) is 1.18. The van der Waals surface area contributed by atoms with E-state index >= 15 is 0 Å². The third-order valence-corrected chi connectivity index (χ3v) is 3.20. The van der Waals surface area contributed by atoms with E-state index in [1.165, 1.54) is 0 Å². The number of aromatic amines is 1. The average molecular weight is 263 g/mol. The maximum atomic E-state index is 11.2. The number of rotatable bonds is 4. The summed E-state index contributed by atoms with van der Waals surface area (Å²) in [5.74, 6) is 0. The molecule has 1 aromatic heterocycles. The van der Waals surface area contributed by atoms with Crippen LogP contribution in [-0.2, 0) is 16.6 Å². The van der Waals surface area contributed by atoms with Gasteiger partial charge in [-0.1, -0.05) is 0 Å². The molecule has 0 aromatic carbocycles. The number of hydrogen-bond donors (Lipinski definition) is 2. The zero-order valence-electron chi connectivity index (χ0n) is 9.86. The molecular formula is C9H17N3O2S2. The van der Waals surface area contributed by atoms with E-state index in [2.05, 4.69) is 9.71 Å². The quantitative estimate of drug-likeness (QED) is 0.802. The van der Waals surface area contributed by atoms with Crippen LogP contribution in [0.2, 0.25) is 0 Å². The third-order valence-electron chi connectivity index (χ3n) is 1.94. The van der Waals surface area contributed by atoms with Gasteiger partial charge in [-0.05, 0) is 33.0 Å². The highest BCUT2D eigenvalue weighted by molar-refractivity contribution is 7.88. The number of aryl methyl sites for hydroxylation is 1. The fraction of sp³-hybridized carbons (Fsp3) is 0.667. The molecule has 7 heteroatoms. The molecule has 0 saturated carbocycles. The lowest BCUT2D eigenvalue weighted by atomic mass is 10.1. The van der Waals surface area contributed by atoms with Crippen LogP contribution in [0.5, 0.6) is 0 Å². The van der Waals surface area contributed by atoms with Gasteiger partial charge in [0.2, 0.25) is 10.0 Å². The SMILES string of the molecule is Cc1cn(CC(C)(C)NS(C)(=O)=O)c(=S)[nH]1. The van der Waals surface area contributed by atoms with Crippen LogP contribution in [0, 0.1) is 11.7 Å². The fourth-order valence-corrected chi connectivity index (χ4v) is 2.99. The van der Waals surface area contributed by atoms with Crippen molar-refractivity contribution in [2.24, 2.45) is 0 Å². The molecule has 0 fully saturated rings. The molecule has 0 aliphatic rings. The van der Waals surface area contributed by atoms with Crippen molar-refractivity contribution in [2.45, 2.75) is 32.9 Å². The van der Waals surface area contributed by atoms with E-state index in [-0.39, 0.29) is 0 Å². The van der Waals surface area contributed by atoms with Crippen molar-refractivity contribution in [3.8, 4) is 0 Å². The van der Waals surface area contributed by atoms with Crippen molar-refractivity contribution in [1.82, 2.24) is 14.3 Å². The summed E-state index contributed by atoms with van der Waals surface area (Å²) >= 11 is 5.11. The average Bonchev–Trinajstić information content (AvgIpc) is 2.22. The van der Waals surface area contributed by atoms with E-state index in [9.17, 15) is 8.42 Å². The van der Waals surface area contributed by atoms with E-state index in [4.69, 9.17) is 12.2 Å². The van der Waals surface area contributed by atoms with Gasteiger partial charge in [0, 0.05) is 24.0 Å². The molecule has 0 aliphatic carbocycles. The maximum Gasteiger partial charge on any atom is 0.209 e. The maximum absolute atomic E-state index is 11.2. The normalized spacial score (nSPS) is 13.0. The Hall–Kier alpha value is -0.660. The molecule has 0 aliphatic heterocycles. The van der Waals surface area contributed by atoms with Gasteiger partial charge in [-0.3, -0.25) is 0 Å². The minimum atomic E-state index is -3.22. The number of hydrogen-bond acceptors (Lipinski definition) is 3. The molecule has 2 N–H and O–H groups in total. The zero-order chi connectivity index (χ0) is 12.6. The summed E-state index contributed by atoms with van der Waals surface area (Å²) in [5, 5.41) is 0. The molecule has 1 aromatic rings. The van der Waals surface area contributed by atoms with E-state index in [1.807, 2.05) is 31.5 Å². The molecule has 1 rings (SSSR count). The molecular weight excluding hydrogens is 246 g/mol. The first-order valence-electron chi connectivity index (χ1n) is 4.84. The summed E-state index contributed by atoms with van der Waals surface area (Å²) in [6.07, 6.45) is 3.02. The van der Waals surface area contributed by atoms with Crippen LogP contribution >= 0.6 is 12.2 Å². The Bertz CT molecular complexity index is 525. The molecule has 5 nitrogen and oxygen atoms in total. The second-order valence-corrected chi connectivity index (χ2v) is 6.76. The van der Waals surface area contributed by atoms with Crippen LogP contribution in [0.4, 0.5) is 0 Å². The van der Waals surface area contributed by atoms with Crippen molar-refractivity contribution in [3.63, 3.8) is 0 Å². The Labute approximate surface area is 101 Å². The van der Waals surface area contributed by atoms with E-state index < -0.39 is 15.6 Å². The van der Waals surface area contributed by atoms with Gasteiger partial charge in [0.25, 0.3) is 0 Å². The summed E-state index contributed by atoms with van der Waals surface area (Å²) in [6, 6.07) is 0. The first-order chi connectivity index (χ1) is 7.09. The largest absolute Gasteiger partial charge is 0.335 e. The van der Waals surface area contributed by atoms with E-state index in [0.29, 0.717) is 11.3 Å². The molecule has 1 heterocycles. The Morgan fingerprint density at radius 3 is 2.50 bits per heavy atom. The van der Waals surface area contributed by atoms with Crippen LogP contribution < -0.4 is 4.72 Å². The number of nitrogens with one attached hydrogen (secondary N) is 2. The summed E-state index contributed by atoms with van der Waals surface area (Å²) in [7, 11) is -3.22. The van der Waals surface area contributed by atoms with Crippen molar-refractivity contribution in [1.29, 1.82) is 0 Å². The van der Waals surface area contributed by atoms with Crippen molar-refractivity contribution in [2.75, 3.05) is 6.26 Å². The summed E-state index contributed by atoms with van der Waals surface area (Å²) < 4.78 is 27.3. The second-order valence-electron chi connectivity index (χ2n) is 4.63. The van der Waals surface area contributed by atoms with E-state index in [1.54, 1.807) is 0 Å². The first kappa shape index (κ1) is 13.4. The van der Waals surface area contributed by atoms with Gasteiger partial charge in [0.1, 0.15) is 0 Å². The van der Waals surface area contributed by atoms with Crippen LogP contribution in [0.3, 0.4) is 0 Å². The lowest BCUT2D eigenvalue weighted by Gasteiger charge is -2.25. The highest BCUT2D eigenvalue weighted by atomic mass is 32.2. The van der Waals surface area contributed by atoms with Gasteiger partial charge in [-0.2, -0.15) is 0 Å². The number of sulfonamides is 1. The molecule has 0 amide bonds. The fourth-order valence-electron chi connectivity index (χ4n) is 1.64. The Balaban J connectivity index is 2.88. The summed E-state index contributed by atoms with van der Waals surface area (Å²) in [5.41, 5.74) is 0.389. The molecule has 0 atom stereocenters. The molecule has 16 heavy (non-hydrogen) atoms. The standard InChI is InChI=1S/C9H17N3O2S2/c1-7-5-12(8(15)10-7)6-9(2,3)11-16(4,13)14/h5,11H,6H2,1-4H3,(H,10,15).